The summed E-state index contributed by atoms with van der Waals surface area (Å²) in [5.74, 6) is 2.82. The number of rotatable bonds is 4. The van der Waals surface area contributed by atoms with E-state index in [-0.39, 0.29) is 0 Å². The molecule has 2 aliphatic carbocycles. The molecule has 0 aromatic heterocycles. The zero-order chi connectivity index (χ0) is 9.97. The van der Waals surface area contributed by atoms with Crippen molar-refractivity contribution in [1.29, 1.82) is 0 Å². The van der Waals surface area contributed by atoms with Crippen LogP contribution in [0.15, 0.2) is 4.99 Å². The van der Waals surface area contributed by atoms with Gasteiger partial charge in [0.2, 0.25) is 0 Å². The van der Waals surface area contributed by atoms with E-state index < -0.39 is 0 Å². The van der Waals surface area contributed by atoms with Crippen molar-refractivity contribution in [2.75, 3.05) is 5.75 Å². The Bertz CT molecular complexity index is 223. The van der Waals surface area contributed by atoms with Crippen molar-refractivity contribution in [3.8, 4) is 0 Å². The number of nitrogens with two attached hydrogens (primary N) is 1. The van der Waals surface area contributed by atoms with Crippen molar-refractivity contribution in [2.45, 2.75) is 50.3 Å². The molecule has 2 fully saturated rings. The van der Waals surface area contributed by atoms with Crippen LogP contribution in [0.1, 0.15) is 39.0 Å². The van der Waals surface area contributed by atoms with E-state index in [1.807, 2.05) is 0 Å². The second kappa shape index (κ2) is 4.56. The lowest BCUT2D eigenvalue weighted by molar-refractivity contribution is 0.702. The fourth-order valence-corrected chi connectivity index (χ4v) is 3.25. The summed E-state index contributed by atoms with van der Waals surface area (Å²) in [5, 5.41) is 0.848. The number of hydrogen-bond donors (Lipinski definition) is 1. The number of amidine groups is 1. The van der Waals surface area contributed by atoms with E-state index >= 15 is 0 Å². The van der Waals surface area contributed by atoms with Gasteiger partial charge in [-0.15, -0.1) is 0 Å². The highest BCUT2D eigenvalue weighted by Gasteiger charge is 2.29. The number of nitrogens with zero attached hydrogens (tertiary/aromatic N) is 1. The lowest BCUT2D eigenvalue weighted by Crippen LogP contribution is -2.17. The number of aliphatic imine (C=N–C) groups is 1. The zero-order valence-corrected chi connectivity index (χ0v) is 9.72. The Balaban J connectivity index is 1.79. The van der Waals surface area contributed by atoms with Crippen LogP contribution in [-0.2, 0) is 0 Å². The minimum atomic E-state index is 0.541. The summed E-state index contributed by atoms with van der Waals surface area (Å²) in [4.78, 5) is 4.65. The van der Waals surface area contributed by atoms with Crippen LogP contribution in [0.5, 0.6) is 0 Å². The maximum Gasteiger partial charge on any atom is 0.0971 e. The Hall–Kier alpha value is -0.180. The number of thioether (sulfide) groups is 1. The first kappa shape index (κ1) is 10.3. The summed E-state index contributed by atoms with van der Waals surface area (Å²) < 4.78 is 0. The molecule has 0 spiro atoms. The molecule has 3 heteroatoms. The van der Waals surface area contributed by atoms with Crippen LogP contribution in [0.3, 0.4) is 0 Å². The van der Waals surface area contributed by atoms with Gasteiger partial charge in [-0.05, 0) is 37.9 Å². The van der Waals surface area contributed by atoms with Gasteiger partial charge in [-0.3, -0.25) is 4.99 Å². The molecule has 14 heavy (non-hydrogen) atoms. The molecule has 0 bridgehead atoms. The maximum atomic E-state index is 5.92. The third-order valence-electron chi connectivity index (χ3n) is 3.09. The van der Waals surface area contributed by atoms with Gasteiger partial charge >= 0.3 is 0 Å². The predicted molar refractivity (Wildman–Crippen MR) is 63.9 cm³/mol. The molecule has 0 radical (unpaired) electrons. The van der Waals surface area contributed by atoms with Gasteiger partial charge in [0, 0.05) is 11.2 Å². The quantitative estimate of drug-likeness (QED) is 0.574. The molecule has 0 amide bonds. The van der Waals surface area contributed by atoms with E-state index in [2.05, 4.69) is 23.7 Å². The molecular weight excluding hydrogens is 192 g/mol. The van der Waals surface area contributed by atoms with E-state index in [1.54, 1.807) is 0 Å². The zero-order valence-electron chi connectivity index (χ0n) is 8.91. The molecular formula is C11H20N2S. The largest absolute Gasteiger partial charge is 0.387 e. The smallest absolute Gasteiger partial charge is 0.0971 e. The summed E-state index contributed by atoms with van der Waals surface area (Å²) in [7, 11) is 0. The molecule has 2 nitrogen and oxygen atoms in total. The minimum Gasteiger partial charge on any atom is -0.387 e. The van der Waals surface area contributed by atoms with Crippen LogP contribution in [0, 0.1) is 5.92 Å². The Morgan fingerprint density at radius 2 is 2.14 bits per heavy atom. The summed E-state index contributed by atoms with van der Waals surface area (Å²) in [5.41, 5.74) is 5.92. The van der Waals surface area contributed by atoms with E-state index in [9.17, 15) is 0 Å². The first-order valence-electron chi connectivity index (χ1n) is 5.74. The van der Waals surface area contributed by atoms with Crippen LogP contribution in [0.2, 0.25) is 0 Å². The van der Waals surface area contributed by atoms with Crippen molar-refractivity contribution in [3.05, 3.63) is 0 Å². The normalized spacial score (nSPS) is 33.6. The van der Waals surface area contributed by atoms with Gasteiger partial charge < -0.3 is 5.73 Å². The molecule has 2 N–H and O–H groups in total. The van der Waals surface area contributed by atoms with Crippen molar-refractivity contribution in [3.63, 3.8) is 0 Å². The Labute approximate surface area is 90.7 Å². The maximum absolute atomic E-state index is 5.92. The van der Waals surface area contributed by atoms with Crippen molar-refractivity contribution >= 4 is 17.6 Å². The lowest BCUT2D eigenvalue weighted by Gasteiger charge is -2.07. The highest BCUT2D eigenvalue weighted by atomic mass is 32.2. The fraction of sp³-hybridized carbons (Fsp3) is 0.909. The topological polar surface area (TPSA) is 38.4 Å². The first-order valence-corrected chi connectivity index (χ1v) is 6.79. The monoisotopic (exact) mass is 212 g/mol. The average molecular weight is 212 g/mol. The van der Waals surface area contributed by atoms with Gasteiger partial charge in [-0.2, -0.15) is 11.8 Å². The molecule has 0 heterocycles. The predicted octanol–water partition coefficient (Wildman–Crippen LogP) is 2.43. The van der Waals surface area contributed by atoms with Crippen molar-refractivity contribution in [1.82, 2.24) is 0 Å². The molecule has 0 aliphatic heterocycles. The van der Waals surface area contributed by atoms with Gasteiger partial charge in [0.05, 0.1) is 11.9 Å². The van der Waals surface area contributed by atoms with Crippen molar-refractivity contribution < 1.29 is 0 Å². The van der Waals surface area contributed by atoms with E-state index in [0.717, 1.165) is 11.1 Å². The summed E-state index contributed by atoms with van der Waals surface area (Å²) in [6.45, 7) is 2.24. The first-order chi connectivity index (χ1) is 6.79. The molecule has 2 unspecified atom stereocenters. The Morgan fingerprint density at radius 3 is 2.79 bits per heavy atom. The molecule has 2 atom stereocenters. The van der Waals surface area contributed by atoms with E-state index in [1.165, 1.54) is 37.9 Å². The standard InChI is InChI=1S/C11H20N2S/c1-2-14-10-6-5-9(7-10)13-11(12)8-3-4-8/h8-10H,2-7H2,1H3,(H2,12,13). The average Bonchev–Trinajstić information content (AvgIpc) is 2.92. The van der Waals surface area contributed by atoms with Crippen molar-refractivity contribution in [2.24, 2.45) is 16.6 Å². The lowest BCUT2D eigenvalue weighted by atomic mass is 10.2. The van der Waals surface area contributed by atoms with Gasteiger partial charge in [-0.25, -0.2) is 0 Å². The third-order valence-corrected chi connectivity index (χ3v) is 4.32. The molecule has 0 aromatic carbocycles. The Morgan fingerprint density at radius 1 is 1.36 bits per heavy atom. The van der Waals surface area contributed by atoms with Gasteiger partial charge in [0.15, 0.2) is 0 Å². The van der Waals surface area contributed by atoms with Crippen LogP contribution >= 0.6 is 11.8 Å². The van der Waals surface area contributed by atoms with E-state index in [4.69, 9.17) is 5.73 Å². The van der Waals surface area contributed by atoms with Gasteiger partial charge in [0.25, 0.3) is 0 Å². The third kappa shape index (κ3) is 2.66. The minimum absolute atomic E-state index is 0.541. The van der Waals surface area contributed by atoms with Crippen LogP contribution < -0.4 is 5.73 Å². The molecule has 0 saturated heterocycles. The van der Waals surface area contributed by atoms with Crippen LogP contribution in [0.4, 0.5) is 0 Å². The summed E-state index contributed by atoms with van der Waals surface area (Å²) in [6.07, 6.45) is 6.39. The highest BCUT2D eigenvalue weighted by molar-refractivity contribution is 7.99. The van der Waals surface area contributed by atoms with Gasteiger partial charge in [-0.1, -0.05) is 6.92 Å². The second-order valence-electron chi connectivity index (χ2n) is 4.37. The fourth-order valence-electron chi connectivity index (χ4n) is 2.12. The highest BCUT2D eigenvalue weighted by Crippen LogP contribution is 2.33. The number of hydrogen-bond acceptors (Lipinski definition) is 2. The van der Waals surface area contributed by atoms with Gasteiger partial charge in [0.1, 0.15) is 0 Å². The Kier molecular flexibility index (Phi) is 3.37. The molecule has 2 aliphatic rings. The van der Waals surface area contributed by atoms with E-state index in [0.29, 0.717) is 12.0 Å². The molecule has 2 rings (SSSR count). The van der Waals surface area contributed by atoms with Crippen LogP contribution in [0.25, 0.3) is 0 Å². The molecule has 0 aromatic rings. The summed E-state index contributed by atoms with van der Waals surface area (Å²) in [6, 6.07) is 0.541. The summed E-state index contributed by atoms with van der Waals surface area (Å²) >= 11 is 2.08. The second-order valence-corrected chi connectivity index (χ2v) is 5.95. The molecule has 80 valence electrons. The molecule has 2 saturated carbocycles. The SMILES string of the molecule is CCSC1CCC(N=C(N)C2CC2)C1. The van der Waals surface area contributed by atoms with Crippen LogP contribution in [-0.4, -0.2) is 22.9 Å².